The summed E-state index contributed by atoms with van der Waals surface area (Å²) < 4.78 is 5.62. The van der Waals surface area contributed by atoms with Gasteiger partial charge in [-0.15, -0.1) is 0 Å². The highest BCUT2D eigenvalue weighted by Crippen LogP contribution is 2.50. The third kappa shape index (κ3) is 3.89. The van der Waals surface area contributed by atoms with Gasteiger partial charge in [-0.05, 0) is 31.7 Å². The molecule has 1 saturated carbocycles. The second-order valence-electron chi connectivity index (χ2n) is 7.71. The van der Waals surface area contributed by atoms with E-state index in [1.807, 2.05) is 18.2 Å². The average Bonchev–Trinajstić information content (AvgIpc) is 2.66. The Morgan fingerprint density at radius 3 is 2.92 bits per heavy atom. The molecule has 0 bridgehead atoms. The predicted molar refractivity (Wildman–Crippen MR) is 102 cm³/mol. The predicted octanol–water partition coefficient (Wildman–Crippen LogP) is 2.89. The van der Waals surface area contributed by atoms with Gasteiger partial charge in [-0.2, -0.15) is 0 Å². The zero-order valence-electron chi connectivity index (χ0n) is 16.0. The summed E-state index contributed by atoms with van der Waals surface area (Å²) in [7, 11) is 1.69. The van der Waals surface area contributed by atoms with Gasteiger partial charge in [0.2, 0.25) is 5.91 Å². The molecular weight excluding hydrogens is 328 g/mol. The van der Waals surface area contributed by atoms with Crippen LogP contribution in [-0.4, -0.2) is 48.3 Å². The van der Waals surface area contributed by atoms with Crippen molar-refractivity contribution < 1.29 is 14.6 Å². The second-order valence-corrected chi connectivity index (χ2v) is 7.71. The van der Waals surface area contributed by atoms with Crippen molar-refractivity contribution >= 4 is 5.91 Å². The van der Waals surface area contributed by atoms with E-state index in [9.17, 15) is 9.90 Å². The highest BCUT2D eigenvalue weighted by Gasteiger charge is 2.49. The normalized spacial score (nSPS) is 29.0. The minimum Gasteiger partial charge on any atom is -0.496 e. The number of benzene rings is 1. The molecule has 1 aliphatic heterocycles. The van der Waals surface area contributed by atoms with Gasteiger partial charge in [-0.3, -0.25) is 9.69 Å². The van der Waals surface area contributed by atoms with Gasteiger partial charge in [-0.25, -0.2) is 0 Å². The molecule has 1 aliphatic carbocycles. The first-order valence-corrected chi connectivity index (χ1v) is 9.95. The lowest BCUT2D eigenvalue weighted by atomic mass is 9.66. The number of carbonyl (C=O) groups excluding carboxylic acids is 1. The molecule has 0 spiro atoms. The lowest BCUT2D eigenvalue weighted by molar-refractivity contribution is -0.138. The number of nitrogens with zero attached hydrogens (tertiary/aromatic N) is 1. The Bertz CT molecular complexity index is 621. The molecule has 0 unspecified atom stereocenters. The highest BCUT2D eigenvalue weighted by molar-refractivity contribution is 5.78. The molecule has 1 heterocycles. The number of hydrogen-bond acceptors (Lipinski definition) is 4. The van der Waals surface area contributed by atoms with Crippen LogP contribution in [0.25, 0.3) is 0 Å². The number of carbonyl (C=O) groups is 1. The zero-order chi connectivity index (χ0) is 18.6. The summed E-state index contributed by atoms with van der Waals surface area (Å²) in [4.78, 5) is 14.6. The highest BCUT2D eigenvalue weighted by atomic mass is 16.5. The molecule has 1 saturated heterocycles. The van der Waals surface area contributed by atoms with E-state index in [0.717, 1.165) is 56.4 Å². The van der Waals surface area contributed by atoms with E-state index in [-0.39, 0.29) is 17.9 Å². The van der Waals surface area contributed by atoms with E-state index in [1.165, 1.54) is 0 Å². The van der Waals surface area contributed by atoms with Crippen molar-refractivity contribution in [1.82, 2.24) is 10.2 Å². The number of ether oxygens (including phenoxy) is 1. The van der Waals surface area contributed by atoms with E-state index in [2.05, 4.69) is 23.2 Å². The van der Waals surface area contributed by atoms with Crippen LogP contribution in [0, 0.1) is 5.92 Å². The zero-order valence-corrected chi connectivity index (χ0v) is 16.0. The fourth-order valence-corrected chi connectivity index (χ4v) is 4.75. The van der Waals surface area contributed by atoms with Crippen LogP contribution in [-0.2, 0) is 4.79 Å². The minimum absolute atomic E-state index is 0.0116. The van der Waals surface area contributed by atoms with Crippen LogP contribution in [0.5, 0.6) is 5.75 Å². The molecule has 3 rings (SSSR count). The Balaban J connectivity index is 1.91. The summed E-state index contributed by atoms with van der Waals surface area (Å²) >= 11 is 0. The molecule has 2 fully saturated rings. The van der Waals surface area contributed by atoms with Crippen LogP contribution in [0.3, 0.4) is 0 Å². The maximum atomic E-state index is 12.4. The molecule has 2 aliphatic rings. The first-order chi connectivity index (χ1) is 12.6. The Morgan fingerprint density at radius 1 is 1.35 bits per heavy atom. The van der Waals surface area contributed by atoms with Crippen LogP contribution < -0.4 is 10.1 Å². The van der Waals surface area contributed by atoms with Crippen molar-refractivity contribution in [3.05, 3.63) is 29.8 Å². The molecule has 5 heteroatoms. The number of methoxy groups -OCH3 is 1. The maximum absolute atomic E-state index is 12.4. The summed E-state index contributed by atoms with van der Waals surface area (Å²) in [6.45, 7) is 3.87. The number of hydrogen-bond donors (Lipinski definition) is 2. The topological polar surface area (TPSA) is 61.8 Å². The summed E-state index contributed by atoms with van der Waals surface area (Å²) in [6.07, 6.45) is 5.75. The lowest BCUT2D eigenvalue weighted by Gasteiger charge is -2.52. The Kier molecular flexibility index (Phi) is 6.20. The molecule has 1 aromatic carbocycles. The van der Waals surface area contributed by atoms with E-state index in [1.54, 1.807) is 7.11 Å². The third-order valence-electron chi connectivity index (χ3n) is 6.05. The molecule has 26 heavy (non-hydrogen) atoms. The Labute approximate surface area is 156 Å². The number of rotatable bonds is 6. The molecule has 2 N–H and O–H groups in total. The van der Waals surface area contributed by atoms with Crippen LogP contribution in [0.1, 0.15) is 57.1 Å². The number of fused-ring (bicyclic) bond motifs is 1. The third-order valence-corrected chi connectivity index (χ3v) is 6.05. The number of likely N-dealkylation sites (tertiary alicyclic amines) is 1. The monoisotopic (exact) mass is 360 g/mol. The maximum Gasteiger partial charge on any atom is 0.234 e. The van der Waals surface area contributed by atoms with Gasteiger partial charge in [0, 0.05) is 30.6 Å². The van der Waals surface area contributed by atoms with Crippen LogP contribution in [0.4, 0.5) is 0 Å². The van der Waals surface area contributed by atoms with Gasteiger partial charge in [0.15, 0.2) is 0 Å². The summed E-state index contributed by atoms with van der Waals surface area (Å²) in [5, 5.41) is 14.3. The van der Waals surface area contributed by atoms with Crippen molar-refractivity contribution in [2.75, 3.05) is 26.7 Å². The molecule has 0 radical (unpaired) electrons. The van der Waals surface area contributed by atoms with Gasteiger partial charge in [0.05, 0.1) is 19.3 Å². The largest absolute Gasteiger partial charge is 0.496 e. The van der Waals surface area contributed by atoms with Crippen molar-refractivity contribution in [1.29, 1.82) is 0 Å². The molecule has 144 valence electrons. The fourth-order valence-electron chi connectivity index (χ4n) is 4.75. The fraction of sp³-hybridized carbons (Fsp3) is 0.667. The number of amides is 1. The lowest BCUT2D eigenvalue weighted by Crippen LogP contribution is -2.56. The Morgan fingerprint density at radius 2 is 2.15 bits per heavy atom. The Hall–Kier alpha value is -1.59. The quantitative estimate of drug-likeness (QED) is 0.819. The first kappa shape index (κ1) is 19.2. The van der Waals surface area contributed by atoms with Crippen molar-refractivity contribution in [3.63, 3.8) is 0 Å². The summed E-state index contributed by atoms with van der Waals surface area (Å²) in [5.74, 6) is 1.04. The van der Waals surface area contributed by atoms with Gasteiger partial charge < -0.3 is 15.2 Å². The summed E-state index contributed by atoms with van der Waals surface area (Å²) in [6, 6.07) is 8.06. The molecular formula is C21H32N2O3. The average molecular weight is 360 g/mol. The molecule has 0 aromatic heterocycles. The van der Waals surface area contributed by atoms with Gasteiger partial charge in [0.1, 0.15) is 5.75 Å². The molecule has 1 amide bonds. The SMILES string of the molecule is CCCNC(=O)CN1CC[C@]2(O)CCCC[C@@H]2[C@H]1c1ccccc1OC. The van der Waals surface area contributed by atoms with Crippen molar-refractivity contribution in [3.8, 4) is 5.75 Å². The van der Waals surface area contributed by atoms with Crippen molar-refractivity contribution in [2.24, 2.45) is 5.92 Å². The van der Waals surface area contributed by atoms with Crippen LogP contribution in [0.2, 0.25) is 0 Å². The van der Waals surface area contributed by atoms with E-state index >= 15 is 0 Å². The van der Waals surface area contributed by atoms with E-state index in [0.29, 0.717) is 13.1 Å². The standard InChI is InChI=1S/C21H32N2O3/c1-3-13-22-19(24)15-23-14-12-21(25)11-7-6-9-17(21)20(23)16-8-4-5-10-18(16)26-2/h4-5,8,10,17,20,25H,3,6-7,9,11-15H2,1-2H3,(H,22,24)/t17-,20-,21-/m1/s1. The first-order valence-electron chi connectivity index (χ1n) is 9.95. The van der Waals surface area contributed by atoms with Gasteiger partial charge in [-0.1, -0.05) is 38.0 Å². The summed E-state index contributed by atoms with van der Waals surface area (Å²) in [5.41, 5.74) is 0.462. The van der Waals surface area contributed by atoms with Crippen LogP contribution >= 0.6 is 0 Å². The van der Waals surface area contributed by atoms with Crippen LogP contribution in [0.15, 0.2) is 24.3 Å². The molecule has 5 nitrogen and oxygen atoms in total. The minimum atomic E-state index is -0.625. The number of nitrogens with one attached hydrogen (secondary N) is 1. The van der Waals surface area contributed by atoms with E-state index in [4.69, 9.17) is 4.74 Å². The molecule has 3 atom stereocenters. The number of piperidine rings is 1. The number of aliphatic hydroxyl groups is 1. The van der Waals surface area contributed by atoms with E-state index < -0.39 is 5.60 Å². The van der Waals surface area contributed by atoms with Gasteiger partial charge in [0.25, 0.3) is 0 Å². The molecule has 1 aromatic rings. The van der Waals surface area contributed by atoms with Crippen molar-refractivity contribution in [2.45, 2.75) is 57.1 Å². The number of para-hydroxylation sites is 1. The smallest absolute Gasteiger partial charge is 0.234 e. The second kappa shape index (κ2) is 8.40. The van der Waals surface area contributed by atoms with Gasteiger partial charge >= 0.3 is 0 Å².